The monoisotopic (exact) mass is 290 g/mol. The number of hydrogen-bond donors (Lipinski definition) is 1. The summed E-state index contributed by atoms with van der Waals surface area (Å²) in [5.41, 5.74) is 1.00. The lowest BCUT2D eigenvalue weighted by Gasteiger charge is -2.17. The Morgan fingerprint density at radius 1 is 1.43 bits per heavy atom. The highest BCUT2D eigenvalue weighted by Crippen LogP contribution is 2.20. The summed E-state index contributed by atoms with van der Waals surface area (Å²) in [5.74, 6) is -0.0507. The van der Waals surface area contributed by atoms with Crippen molar-refractivity contribution in [3.05, 3.63) is 35.7 Å². The van der Waals surface area contributed by atoms with Gasteiger partial charge in [0, 0.05) is 6.42 Å². The zero-order valence-corrected chi connectivity index (χ0v) is 12.2. The average Bonchev–Trinajstić information content (AvgIpc) is 2.93. The molecule has 0 fully saturated rings. The van der Waals surface area contributed by atoms with Gasteiger partial charge in [0.1, 0.15) is 5.75 Å². The van der Waals surface area contributed by atoms with Gasteiger partial charge in [0.25, 0.3) is 0 Å². The summed E-state index contributed by atoms with van der Waals surface area (Å²) in [6, 6.07) is 7.29. The third-order valence-electron chi connectivity index (χ3n) is 3.56. The van der Waals surface area contributed by atoms with E-state index in [1.807, 2.05) is 24.3 Å². The second-order valence-corrected chi connectivity index (χ2v) is 4.94. The Morgan fingerprint density at radius 2 is 2.19 bits per heavy atom. The Kier molecular flexibility index (Phi) is 4.52. The zero-order chi connectivity index (χ0) is 15.4. The molecule has 0 aliphatic rings. The molecule has 2 aromatic rings. The van der Waals surface area contributed by atoms with Crippen LogP contribution in [0.25, 0.3) is 0 Å². The normalized spacial score (nSPS) is 13.7. The third kappa shape index (κ3) is 3.36. The first-order valence-corrected chi connectivity index (χ1v) is 6.65. The van der Waals surface area contributed by atoms with Crippen LogP contribution < -0.4 is 4.74 Å². The van der Waals surface area contributed by atoms with E-state index in [9.17, 15) is 4.79 Å². The third-order valence-corrected chi connectivity index (χ3v) is 3.56. The molecule has 7 heteroatoms. The van der Waals surface area contributed by atoms with Crippen LogP contribution in [0.3, 0.4) is 0 Å². The molecular weight excluding hydrogens is 272 g/mol. The number of hydrogen-bond acceptors (Lipinski definition) is 5. The van der Waals surface area contributed by atoms with Gasteiger partial charge in [-0.2, -0.15) is 0 Å². The topological polar surface area (TPSA) is 90.1 Å². The second kappa shape index (κ2) is 6.34. The van der Waals surface area contributed by atoms with Crippen LogP contribution >= 0.6 is 0 Å². The average molecular weight is 290 g/mol. The van der Waals surface area contributed by atoms with E-state index < -0.39 is 11.9 Å². The van der Waals surface area contributed by atoms with E-state index in [0.717, 1.165) is 11.3 Å². The molecule has 0 saturated carbocycles. The number of aromatic nitrogens is 4. The molecule has 1 aromatic heterocycles. The lowest BCUT2D eigenvalue weighted by atomic mass is 10.0. The van der Waals surface area contributed by atoms with Gasteiger partial charge < -0.3 is 9.84 Å². The molecule has 2 unspecified atom stereocenters. The molecule has 0 radical (unpaired) electrons. The number of nitrogens with zero attached hydrogens (tertiary/aromatic N) is 4. The van der Waals surface area contributed by atoms with E-state index in [1.54, 1.807) is 25.6 Å². The lowest BCUT2D eigenvalue weighted by Crippen LogP contribution is -2.24. The zero-order valence-electron chi connectivity index (χ0n) is 12.2. The standard InChI is InChI=1S/C14H18N4O3/c1-9(14(19)20)10(2)18-13(15-16-17-18)8-11-5-4-6-12(7-11)21-3/h4-7,9-10H,8H2,1-3H3,(H,19,20). The van der Waals surface area contributed by atoms with Crippen molar-refractivity contribution in [1.29, 1.82) is 0 Å². The van der Waals surface area contributed by atoms with Crippen LogP contribution in [-0.4, -0.2) is 38.4 Å². The van der Waals surface area contributed by atoms with Crippen molar-refractivity contribution in [3.8, 4) is 5.75 Å². The minimum absolute atomic E-state index is 0.321. The summed E-state index contributed by atoms with van der Waals surface area (Å²) < 4.78 is 6.75. The van der Waals surface area contributed by atoms with Crippen LogP contribution in [-0.2, 0) is 11.2 Å². The molecule has 7 nitrogen and oxygen atoms in total. The van der Waals surface area contributed by atoms with Crippen molar-refractivity contribution >= 4 is 5.97 Å². The SMILES string of the molecule is COc1cccc(Cc2nnnn2C(C)C(C)C(=O)O)c1. The van der Waals surface area contributed by atoms with Crippen molar-refractivity contribution in [1.82, 2.24) is 20.2 Å². The molecule has 2 rings (SSSR count). The Balaban J connectivity index is 2.22. The fourth-order valence-electron chi connectivity index (χ4n) is 2.03. The maximum absolute atomic E-state index is 11.1. The van der Waals surface area contributed by atoms with Gasteiger partial charge in [-0.25, -0.2) is 4.68 Å². The molecule has 0 aliphatic heterocycles. The number of aliphatic carboxylic acids is 1. The number of methoxy groups -OCH3 is 1. The van der Waals surface area contributed by atoms with Crippen LogP contribution in [0, 0.1) is 5.92 Å². The summed E-state index contributed by atoms with van der Waals surface area (Å²) in [7, 11) is 1.61. The number of rotatable bonds is 6. The number of carboxylic acids is 1. The molecule has 1 aromatic carbocycles. The summed E-state index contributed by atoms with van der Waals surface area (Å²) in [4.78, 5) is 11.1. The van der Waals surface area contributed by atoms with E-state index in [4.69, 9.17) is 9.84 Å². The van der Waals surface area contributed by atoms with E-state index in [1.165, 1.54) is 0 Å². The minimum atomic E-state index is -0.870. The van der Waals surface area contributed by atoms with E-state index >= 15 is 0 Å². The highest BCUT2D eigenvalue weighted by molar-refractivity contribution is 5.70. The van der Waals surface area contributed by atoms with Crippen molar-refractivity contribution in [2.24, 2.45) is 5.92 Å². The largest absolute Gasteiger partial charge is 0.497 e. The van der Waals surface area contributed by atoms with Gasteiger partial charge in [0.15, 0.2) is 5.82 Å². The highest BCUT2D eigenvalue weighted by Gasteiger charge is 2.24. The Morgan fingerprint density at radius 3 is 2.86 bits per heavy atom. The minimum Gasteiger partial charge on any atom is -0.497 e. The highest BCUT2D eigenvalue weighted by atomic mass is 16.5. The molecule has 0 spiro atoms. The Hall–Kier alpha value is -2.44. The first-order valence-electron chi connectivity index (χ1n) is 6.65. The fraction of sp³-hybridized carbons (Fsp3) is 0.429. The molecule has 2 atom stereocenters. The Labute approximate surface area is 122 Å². The van der Waals surface area contributed by atoms with Gasteiger partial charge >= 0.3 is 5.97 Å². The van der Waals surface area contributed by atoms with E-state index in [0.29, 0.717) is 12.2 Å². The fourth-order valence-corrected chi connectivity index (χ4v) is 2.03. The number of benzene rings is 1. The maximum Gasteiger partial charge on any atom is 0.308 e. The molecule has 1 heterocycles. The van der Waals surface area contributed by atoms with Crippen LogP contribution in [0.15, 0.2) is 24.3 Å². The second-order valence-electron chi connectivity index (χ2n) is 4.94. The van der Waals surface area contributed by atoms with Crippen molar-refractivity contribution in [3.63, 3.8) is 0 Å². The number of tetrazole rings is 1. The van der Waals surface area contributed by atoms with Crippen LogP contribution in [0.5, 0.6) is 5.75 Å². The maximum atomic E-state index is 11.1. The van der Waals surface area contributed by atoms with Gasteiger partial charge in [-0.05, 0) is 42.0 Å². The molecular formula is C14H18N4O3. The quantitative estimate of drug-likeness (QED) is 0.868. The van der Waals surface area contributed by atoms with Crippen LogP contribution in [0.4, 0.5) is 0 Å². The number of ether oxygens (including phenoxy) is 1. The molecule has 0 aliphatic carbocycles. The summed E-state index contributed by atoms with van der Waals surface area (Å²) >= 11 is 0. The summed E-state index contributed by atoms with van der Waals surface area (Å²) in [5, 5.41) is 20.7. The van der Waals surface area contributed by atoms with Crippen molar-refractivity contribution in [2.45, 2.75) is 26.3 Å². The lowest BCUT2D eigenvalue weighted by molar-refractivity contribution is -0.142. The summed E-state index contributed by atoms with van der Waals surface area (Å²) in [6.45, 7) is 3.44. The number of carboxylic acid groups (broad SMARTS) is 1. The van der Waals surface area contributed by atoms with E-state index in [2.05, 4.69) is 15.5 Å². The molecule has 0 saturated heterocycles. The molecule has 112 valence electrons. The Bertz CT molecular complexity index is 626. The van der Waals surface area contributed by atoms with Gasteiger partial charge in [-0.3, -0.25) is 4.79 Å². The van der Waals surface area contributed by atoms with Crippen molar-refractivity contribution < 1.29 is 14.6 Å². The predicted octanol–water partition coefficient (Wildman–Crippen LogP) is 1.55. The van der Waals surface area contributed by atoms with Gasteiger partial charge in [-0.1, -0.05) is 12.1 Å². The molecule has 0 amide bonds. The van der Waals surface area contributed by atoms with Crippen LogP contribution in [0.2, 0.25) is 0 Å². The first-order chi connectivity index (χ1) is 10.0. The van der Waals surface area contributed by atoms with Gasteiger partial charge in [0.05, 0.1) is 19.1 Å². The number of carbonyl (C=O) groups is 1. The first kappa shape index (κ1) is 15.0. The van der Waals surface area contributed by atoms with Gasteiger partial charge in [-0.15, -0.1) is 5.10 Å². The van der Waals surface area contributed by atoms with Crippen molar-refractivity contribution in [2.75, 3.05) is 7.11 Å². The molecule has 21 heavy (non-hydrogen) atoms. The van der Waals surface area contributed by atoms with Crippen LogP contribution in [0.1, 0.15) is 31.3 Å². The molecule has 1 N–H and O–H groups in total. The van der Waals surface area contributed by atoms with Gasteiger partial charge in [0.2, 0.25) is 0 Å². The van der Waals surface area contributed by atoms with E-state index in [-0.39, 0.29) is 6.04 Å². The molecule has 0 bridgehead atoms. The smallest absolute Gasteiger partial charge is 0.308 e. The predicted molar refractivity (Wildman–Crippen MR) is 75.1 cm³/mol. The summed E-state index contributed by atoms with van der Waals surface area (Å²) in [6.07, 6.45) is 0.515.